The Morgan fingerprint density at radius 3 is 2.86 bits per heavy atom. The van der Waals surface area contributed by atoms with E-state index in [9.17, 15) is 13.2 Å². The van der Waals surface area contributed by atoms with Gasteiger partial charge >= 0.3 is 0 Å². The Balaban J connectivity index is 2.54. The number of nitrogens with zero attached hydrogens (tertiary/aromatic N) is 1. The second-order valence-electron chi connectivity index (χ2n) is 4.43. The Bertz CT molecular complexity index is 552. The lowest BCUT2D eigenvalue weighted by Gasteiger charge is -2.16. The maximum atomic E-state index is 11.8. The molecule has 0 saturated carbocycles. The molecular formula is C11H19N3O5S2. The monoisotopic (exact) mass is 337 g/mol. The number of ether oxygens (including phenoxy) is 1. The Morgan fingerprint density at radius 2 is 2.29 bits per heavy atom. The van der Waals surface area contributed by atoms with Crippen molar-refractivity contribution in [3.8, 4) is 0 Å². The minimum atomic E-state index is -3.37. The number of methoxy groups -OCH3 is 1. The molecule has 1 rings (SSSR count). The molecule has 21 heavy (non-hydrogen) atoms. The molecule has 0 radical (unpaired) electrons. The topological polar surface area (TPSA) is 118 Å². The van der Waals surface area contributed by atoms with Crippen LogP contribution >= 0.6 is 11.3 Å². The average molecular weight is 337 g/mol. The Hall–Kier alpha value is -1.23. The van der Waals surface area contributed by atoms with Crippen LogP contribution in [0.3, 0.4) is 0 Å². The van der Waals surface area contributed by atoms with Crippen molar-refractivity contribution >= 4 is 32.4 Å². The molecule has 120 valence electrons. The van der Waals surface area contributed by atoms with Crippen LogP contribution in [0.15, 0.2) is 5.38 Å². The van der Waals surface area contributed by atoms with Gasteiger partial charge in [0.15, 0.2) is 5.13 Å². The van der Waals surface area contributed by atoms with Crippen LogP contribution in [0.25, 0.3) is 0 Å². The summed E-state index contributed by atoms with van der Waals surface area (Å²) in [6.45, 7) is 0.262. The minimum absolute atomic E-state index is 0.0353. The van der Waals surface area contributed by atoms with E-state index in [0.717, 1.165) is 17.6 Å². The van der Waals surface area contributed by atoms with Crippen molar-refractivity contribution in [2.75, 3.05) is 31.3 Å². The number of hydrogen-bond acceptors (Lipinski definition) is 7. The van der Waals surface area contributed by atoms with Gasteiger partial charge in [-0.3, -0.25) is 9.52 Å². The third-order valence-electron chi connectivity index (χ3n) is 2.38. The second kappa shape index (κ2) is 8.27. The molecule has 1 unspecified atom stereocenters. The highest BCUT2D eigenvalue weighted by atomic mass is 32.2. The number of nitrogens with one attached hydrogen (secondary N) is 2. The van der Waals surface area contributed by atoms with E-state index in [1.807, 2.05) is 0 Å². The number of anilines is 1. The zero-order chi connectivity index (χ0) is 15.9. The van der Waals surface area contributed by atoms with Gasteiger partial charge in [-0.05, 0) is 6.42 Å². The predicted octanol–water partition coefficient (Wildman–Crippen LogP) is -0.429. The van der Waals surface area contributed by atoms with Crippen molar-refractivity contribution in [2.24, 2.45) is 0 Å². The van der Waals surface area contributed by atoms with Crippen molar-refractivity contribution in [3.05, 3.63) is 11.1 Å². The first-order valence-corrected chi connectivity index (χ1v) is 8.92. The number of amides is 1. The van der Waals surface area contributed by atoms with Gasteiger partial charge in [0.2, 0.25) is 15.9 Å². The molecule has 1 aromatic heterocycles. The van der Waals surface area contributed by atoms with E-state index in [1.54, 1.807) is 5.38 Å². The lowest BCUT2D eigenvalue weighted by Crippen LogP contribution is -2.39. The molecule has 8 nitrogen and oxygen atoms in total. The molecule has 0 bridgehead atoms. The Kier molecular flexibility index (Phi) is 7.02. The smallest absolute Gasteiger partial charge is 0.231 e. The maximum absolute atomic E-state index is 11.8. The summed E-state index contributed by atoms with van der Waals surface area (Å²) in [5.74, 6) is -0.262. The minimum Gasteiger partial charge on any atom is -0.396 e. The molecule has 1 heterocycles. The summed E-state index contributed by atoms with van der Waals surface area (Å²) in [7, 11) is -1.86. The highest BCUT2D eigenvalue weighted by Gasteiger charge is 2.14. The van der Waals surface area contributed by atoms with Gasteiger partial charge in [0, 0.05) is 19.1 Å². The van der Waals surface area contributed by atoms with Crippen LogP contribution < -0.4 is 10.0 Å². The van der Waals surface area contributed by atoms with Gasteiger partial charge in [0.05, 0.1) is 31.0 Å². The van der Waals surface area contributed by atoms with E-state index >= 15 is 0 Å². The number of hydrogen-bond donors (Lipinski definition) is 3. The van der Waals surface area contributed by atoms with E-state index < -0.39 is 10.0 Å². The first kappa shape index (κ1) is 17.8. The molecule has 0 fully saturated rings. The summed E-state index contributed by atoms with van der Waals surface area (Å²) in [5.41, 5.74) is 0.476. The van der Waals surface area contributed by atoms with Gasteiger partial charge in [-0.1, -0.05) is 0 Å². The summed E-state index contributed by atoms with van der Waals surface area (Å²) in [6.07, 6.45) is 1.47. The molecule has 0 aromatic carbocycles. The molecule has 1 atom stereocenters. The van der Waals surface area contributed by atoms with Gasteiger partial charge in [-0.15, -0.1) is 11.3 Å². The van der Waals surface area contributed by atoms with Gasteiger partial charge in [0.25, 0.3) is 0 Å². The number of carbonyl (C=O) groups is 1. The number of thiazole rings is 1. The van der Waals surface area contributed by atoms with Crippen LogP contribution in [0, 0.1) is 0 Å². The van der Waals surface area contributed by atoms with Crippen LogP contribution in [-0.4, -0.2) is 57.0 Å². The number of aliphatic hydroxyl groups excluding tert-OH is 1. The van der Waals surface area contributed by atoms with E-state index in [-0.39, 0.29) is 30.1 Å². The second-order valence-corrected chi connectivity index (χ2v) is 7.03. The van der Waals surface area contributed by atoms with Gasteiger partial charge in [0.1, 0.15) is 0 Å². The molecule has 1 amide bonds. The first-order valence-electron chi connectivity index (χ1n) is 6.15. The summed E-state index contributed by atoms with van der Waals surface area (Å²) >= 11 is 1.11. The normalized spacial score (nSPS) is 12.9. The van der Waals surface area contributed by atoms with Gasteiger partial charge in [-0.25, -0.2) is 13.4 Å². The summed E-state index contributed by atoms with van der Waals surface area (Å²) in [5, 5.41) is 13.5. The van der Waals surface area contributed by atoms with E-state index in [4.69, 9.17) is 9.84 Å². The zero-order valence-electron chi connectivity index (χ0n) is 11.8. The predicted molar refractivity (Wildman–Crippen MR) is 79.8 cm³/mol. The Labute approximate surface area is 127 Å². The van der Waals surface area contributed by atoms with Crippen molar-refractivity contribution in [2.45, 2.75) is 18.9 Å². The van der Waals surface area contributed by atoms with E-state index in [0.29, 0.717) is 18.7 Å². The lowest BCUT2D eigenvalue weighted by molar-refractivity contribution is -0.121. The largest absolute Gasteiger partial charge is 0.396 e. The van der Waals surface area contributed by atoms with Crippen molar-refractivity contribution in [1.82, 2.24) is 10.3 Å². The Morgan fingerprint density at radius 1 is 1.57 bits per heavy atom. The highest BCUT2D eigenvalue weighted by molar-refractivity contribution is 7.92. The van der Waals surface area contributed by atoms with E-state index in [2.05, 4.69) is 15.0 Å². The average Bonchev–Trinajstić information content (AvgIpc) is 2.74. The van der Waals surface area contributed by atoms with Crippen LogP contribution in [0.2, 0.25) is 0 Å². The van der Waals surface area contributed by atoms with Gasteiger partial charge < -0.3 is 15.2 Å². The number of aliphatic hydroxyl groups is 1. The standard InChI is InChI=1S/C11H19N3O5S2/c1-19-6-8(3-4-15)12-10(16)5-9-7-20-11(13-9)14-21(2,17)18/h7-8,15H,3-6H2,1-2H3,(H,12,16)(H,13,14). The van der Waals surface area contributed by atoms with Crippen molar-refractivity contribution in [3.63, 3.8) is 0 Å². The fraction of sp³-hybridized carbons (Fsp3) is 0.636. The molecule has 0 aliphatic carbocycles. The van der Waals surface area contributed by atoms with Crippen molar-refractivity contribution < 1.29 is 23.1 Å². The third kappa shape index (κ3) is 7.37. The van der Waals surface area contributed by atoms with E-state index in [1.165, 1.54) is 7.11 Å². The number of sulfonamides is 1. The quantitative estimate of drug-likeness (QED) is 0.563. The molecule has 0 aliphatic heterocycles. The lowest BCUT2D eigenvalue weighted by atomic mass is 10.2. The third-order valence-corrected chi connectivity index (χ3v) is 3.88. The fourth-order valence-electron chi connectivity index (χ4n) is 1.59. The highest BCUT2D eigenvalue weighted by Crippen LogP contribution is 2.16. The SMILES string of the molecule is COCC(CCO)NC(=O)Cc1csc(NS(C)(=O)=O)n1. The molecule has 3 N–H and O–H groups in total. The van der Waals surface area contributed by atoms with Crippen LogP contribution in [0.1, 0.15) is 12.1 Å². The van der Waals surface area contributed by atoms with Gasteiger partial charge in [-0.2, -0.15) is 0 Å². The molecule has 0 saturated heterocycles. The van der Waals surface area contributed by atoms with Crippen LogP contribution in [0.5, 0.6) is 0 Å². The maximum Gasteiger partial charge on any atom is 0.231 e. The van der Waals surface area contributed by atoms with Crippen LogP contribution in [-0.2, 0) is 26.0 Å². The summed E-state index contributed by atoms with van der Waals surface area (Å²) < 4.78 is 29.3. The fourth-order valence-corrected chi connectivity index (χ4v) is 3.15. The molecule has 0 aliphatic rings. The zero-order valence-corrected chi connectivity index (χ0v) is 13.5. The van der Waals surface area contributed by atoms with Crippen molar-refractivity contribution in [1.29, 1.82) is 0 Å². The number of carbonyl (C=O) groups excluding carboxylic acids is 1. The van der Waals surface area contributed by atoms with Crippen LogP contribution in [0.4, 0.5) is 5.13 Å². The number of aromatic nitrogens is 1. The first-order chi connectivity index (χ1) is 9.84. The molecule has 0 spiro atoms. The molecular weight excluding hydrogens is 318 g/mol. The molecule has 1 aromatic rings. The summed E-state index contributed by atoms with van der Waals surface area (Å²) in [6, 6.07) is -0.264. The summed E-state index contributed by atoms with van der Waals surface area (Å²) in [4.78, 5) is 15.9. The number of rotatable bonds is 9. The molecule has 10 heteroatoms.